The molecule has 3 nitrogen and oxygen atoms in total. The molecular formula is C15H14BrNO2. The van der Waals surface area contributed by atoms with Crippen molar-refractivity contribution in [1.82, 2.24) is 0 Å². The molecule has 0 aromatic heterocycles. The molecule has 0 aliphatic rings. The maximum atomic E-state index is 12.1. The van der Waals surface area contributed by atoms with E-state index in [1.165, 1.54) is 6.07 Å². The van der Waals surface area contributed by atoms with E-state index in [9.17, 15) is 9.90 Å². The average Bonchev–Trinajstić information content (AvgIpc) is 2.39. The number of anilines is 1. The Morgan fingerprint density at radius 2 is 2.00 bits per heavy atom. The summed E-state index contributed by atoms with van der Waals surface area (Å²) in [4.78, 5) is 12.1. The maximum Gasteiger partial charge on any atom is 0.259 e. The average molecular weight is 320 g/mol. The summed E-state index contributed by atoms with van der Waals surface area (Å²) in [6.45, 7) is 2.03. The Morgan fingerprint density at radius 1 is 1.26 bits per heavy atom. The second-order valence-electron chi connectivity index (χ2n) is 4.13. The van der Waals surface area contributed by atoms with Crippen molar-refractivity contribution in [2.24, 2.45) is 0 Å². The minimum atomic E-state index is -0.314. The van der Waals surface area contributed by atoms with Gasteiger partial charge >= 0.3 is 0 Å². The van der Waals surface area contributed by atoms with Crippen LogP contribution in [0.25, 0.3) is 0 Å². The number of hydrogen-bond donors (Lipinski definition) is 2. The van der Waals surface area contributed by atoms with Crippen molar-refractivity contribution in [1.29, 1.82) is 0 Å². The van der Waals surface area contributed by atoms with Gasteiger partial charge in [0.05, 0.1) is 5.56 Å². The highest BCUT2D eigenvalue weighted by molar-refractivity contribution is 9.10. The van der Waals surface area contributed by atoms with Crippen LogP contribution in [0.15, 0.2) is 46.9 Å². The predicted molar refractivity (Wildman–Crippen MR) is 79.6 cm³/mol. The lowest BCUT2D eigenvalue weighted by Crippen LogP contribution is -2.13. The van der Waals surface area contributed by atoms with Gasteiger partial charge in [-0.1, -0.05) is 41.1 Å². The summed E-state index contributed by atoms with van der Waals surface area (Å²) in [5.74, 6) is -0.355. The minimum Gasteiger partial charge on any atom is -0.507 e. The molecule has 19 heavy (non-hydrogen) atoms. The number of phenols is 1. The fourth-order valence-electron chi connectivity index (χ4n) is 1.84. The second-order valence-corrected chi connectivity index (χ2v) is 5.04. The van der Waals surface area contributed by atoms with Crippen molar-refractivity contribution < 1.29 is 9.90 Å². The largest absolute Gasteiger partial charge is 0.507 e. The summed E-state index contributed by atoms with van der Waals surface area (Å²) in [5, 5.41) is 12.6. The summed E-state index contributed by atoms with van der Waals surface area (Å²) < 4.78 is 0.732. The van der Waals surface area contributed by atoms with E-state index in [4.69, 9.17) is 0 Å². The number of halogens is 1. The molecular weight excluding hydrogens is 306 g/mol. The first-order chi connectivity index (χ1) is 9.11. The molecule has 0 fully saturated rings. The normalized spacial score (nSPS) is 10.2. The summed E-state index contributed by atoms with van der Waals surface area (Å²) in [6.07, 6.45) is 0.836. The number of hydrogen-bond acceptors (Lipinski definition) is 2. The molecule has 4 heteroatoms. The van der Waals surface area contributed by atoms with Gasteiger partial charge in [-0.25, -0.2) is 0 Å². The lowest BCUT2D eigenvalue weighted by Gasteiger charge is -2.10. The number of amides is 1. The molecule has 2 aromatic rings. The van der Waals surface area contributed by atoms with Crippen LogP contribution < -0.4 is 5.32 Å². The molecule has 0 bridgehead atoms. The number of carbonyl (C=O) groups is 1. The third-order valence-electron chi connectivity index (χ3n) is 2.85. The summed E-state index contributed by atoms with van der Waals surface area (Å²) in [6, 6.07) is 12.4. The second kappa shape index (κ2) is 5.89. The molecule has 0 aliphatic heterocycles. The molecule has 0 aliphatic carbocycles. The lowest BCUT2D eigenvalue weighted by molar-refractivity contribution is 0.102. The highest BCUT2D eigenvalue weighted by Crippen LogP contribution is 2.24. The highest BCUT2D eigenvalue weighted by atomic mass is 79.9. The zero-order chi connectivity index (χ0) is 13.8. The van der Waals surface area contributed by atoms with E-state index < -0.39 is 0 Å². The zero-order valence-electron chi connectivity index (χ0n) is 10.5. The number of phenolic OH excluding ortho intramolecular Hbond substituents is 1. The van der Waals surface area contributed by atoms with Gasteiger partial charge < -0.3 is 10.4 Å². The molecule has 98 valence electrons. The summed E-state index contributed by atoms with van der Waals surface area (Å²) in [5.41, 5.74) is 2.10. The van der Waals surface area contributed by atoms with Crippen molar-refractivity contribution in [3.8, 4) is 5.75 Å². The van der Waals surface area contributed by atoms with E-state index in [2.05, 4.69) is 21.2 Å². The van der Waals surface area contributed by atoms with Gasteiger partial charge in [0.25, 0.3) is 5.91 Å². The number of aromatic hydroxyl groups is 1. The van der Waals surface area contributed by atoms with Crippen molar-refractivity contribution in [3.63, 3.8) is 0 Å². The first kappa shape index (κ1) is 13.6. The van der Waals surface area contributed by atoms with E-state index in [1.807, 2.05) is 31.2 Å². The van der Waals surface area contributed by atoms with E-state index in [-0.39, 0.29) is 17.2 Å². The van der Waals surface area contributed by atoms with E-state index >= 15 is 0 Å². The predicted octanol–water partition coefficient (Wildman–Crippen LogP) is 3.97. The van der Waals surface area contributed by atoms with Crippen LogP contribution in [-0.4, -0.2) is 11.0 Å². The third kappa shape index (κ3) is 3.15. The molecule has 2 aromatic carbocycles. The fraction of sp³-hybridized carbons (Fsp3) is 0.133. The smallest absolute Gasteiger partial charge is 0.259 e. The third-order valence-corrected chi connectivity index (χ3v) is 3.34. The van der Waals surface area contributed by atoms with Crippen molar-refractivity contribution >= 4 is 27.5 Å². The van der Waals surface area contributed by atoms with Crippen LogP contribution in [-0.2, 0) is 6.42 Å². The maximum absolute atomic E-state index is 12.1. The Morgan fingerprint density at radius 3 is 2.68 bits per heavy atom. The molecule has 0 spiro atoms. The van der Waals surface area contributed by atoms with Gasteiger partial charge in [-0.05, 0) is 36.2 Å². The Hall–Kier alpha value is -1.81. The number of rotatable bonds is 3. The molecule has 1 amide bonds. The van der Waals surface area contributed by atoms with Gasteiger partial charge in [-0.2, -0.15) is 0 Å². The highest BCUT2D eigenvalue weighted by Gasteiger charge is 2.12. The molecule has 0 unspecified atom stereocenters. The standard InChI is InChI=1S/C15H14BrNO2/c1-2-10-5-3-4-6-13(10)17-15(19)12-8-7-11(16)9-14(12)18/h3-9,18H,2H2,1H3,(H,17,19). The lowest BCUT2D eigenvalue weighted by atomic mass is 10.1. The topological polar surface area (TPSA) is 49.3 Å². The van der Waals surface area contributed by atoms with E-state index in [0.717, 1.165) is 22.1 Å². The number of carbonyl (C=O) groups excluding carboxylic acids is 1. The van der Waals surface area contributed by atoms with Crippen molar-refractivity contribution in [2.45, 2.75) is 13.3 Å². The van der Waals surface area contributed by atoms with E-state index in [0.29, 0.717) is 0 Å². The van der Waals surface area contributed by atoms with Crippen LogP contribution in [0.2, 0.25) is 0 Å². The van der Waals surface area contributed by atoms with Gasteiger partial charge in [-0.15, -0.1) is 0 Å². The Labute approximate surface area is 120 Å². The molecule has 0 heterocycles. The van der Waals surface area contributed by atoms with E-state index in [1.54, 1.807) is 12.1 Å². The fourth-order valence-corrected chi connectivity index (χ4v) is 2.19. The Bertz CT molecular complexity index is 611. The number of para-hydroxylation sites is 1. The SMILES string of the molecule is CCc1ccccc1NC(=O)c1ccc(Br)cc1O. The first-order valence-electron chi connectivity index (χ1n) is 5.99. The van der Waals surface area contributed by atoms with Gasteiger partial charge in [0.1, 0.15) is 5.75 Å². The first-order valence-corrected chi connectivity index (χ1v) is 6.79. The quantitative estimate of drug-likeness (QED) is 0.899. The van der Waals surface area contributed by atoms with Gasteiger partial charge in [-0.3, -0.25) is 4.79 Å². The molecule has 0 atom stereocenters. The van der Waals surface area contributed by atoms with Crippen LogP contribution in [0.5, 0.6) is 5.75 Å². The number of nitrogens with one attached hydrogen (secondary N) is 1. The number of benzene rings is 2. The summed E-state index contributed by atoms with van der Waals surface area (Å²) in [7, 11) is 0. The number of aryl methyl sites for hydroxylation is 1. The van der Waals surface area contributed by atoms with Crippen molar-refractivity contribution in [2.75, 3.05) is 5.32 Å². The summed E-state index contributed by atoms with van der Waals surface area (Å²) >= 11 is 3.24. The van der Waals surface area contributed by atoms with Crippen molar-refractivity contribution in [3.05, 3.63) is 58.1 Å². The minimum absolute atomic E-state index is 0.0409. The van der Waals surface area contributed by atoms with Gasteiger partial charge in [0.15, 0.2) is 0 Å². The van der Waals surface area contributed by atoms with Crippen LogP contribution >= 0.6 is 15.9 Å². The molecule has 0 radical (unpaired) electrons. The van der Waals surface area contributed by atoms with Gasteiger partial charge in [0.2, 0.25) is 0 Å². The molecule has 2 N–H and O–H groups in total. The molecule has 2 rings (SSSR count). The van der Waals surface area contributed by atoms with Crippen LogP contribution in [0.3, 0.4) is 0 Å². The van der Waals surface area contributed by atoms with Crippen LogP contribution in [0.1, 0.15) is 22.8 Å². The molecule has 0 saturated heterocycles. The van der Waals surface area contributed by atoms with Crippen LogP contribution in [0, 0.1) is 0 Å². The molecule has 0 saturated carbocycles. The monoisotopic (exact) mass is 319 g/mol. The van der Waals surface area contributed by atoms with Gasteiger partial charge in [0, 0.05) is 10.2 Å². The Balaban J connectivity index is 2.26. The zero-order valence-corrected chi connectivity index (χ0v) is 12.1. The van der Waals surface area contributed by atoms with Crippen LogP contribution in [0.4, 0.5) is 5.69 Å². The Kier molecular flexibility index (Phi) is 4.22.